The van der Waals surface area contributed by atoms with Crippen molar-refractivity contribution in [2.24, 2.45) is 5.73 Å². The summed E-state index contributed by atoms with van der Waals surface area (Å²) in [5.74, 6) is 1.19. The average Bonchev–Trinajstić information content (AvgIpc) is 2.35. The van der Waals surface area contributed by atoms with Gasteiger partial charge in [0.2, 0.25) is 0 Å². The molecule has 0 aliphatic heterocycles. The lowest BCUT2D eigenvalue weighted by Crippen LogP contribution is -2.28. The fraction of sp³-hybridized carbons (Fsp3) is 0.500. The van der Waals surface area contributed by atoms with Crippen molar-refractivity contribution in [2.45, 2.75) is 31.4 Å². The number of ketones is 1. The molecule has 0 saturated carbocycles. The molecule has 17 heavy (non-hydrogen) atoms. The number of hydrogen-bond acceptors (Lipinski definition) is 3. The standard InChI is InChI=1S/C14H21NOS/c1-14(2,17-11-7-6-10-15)13(16)12-8-4-3-5-9-12/h3-5,8-9H,6-7,10-11,15H2,1-2H3. The average molecular weight is 251 g/mol. The minimum absolute atomic E-state index is 0.204. The van der Waals surface area contributed by atoms with Gasteiger partial charge in [-0.25, -0.2) is 0 Å². The lowest BCUT2D eigenvalue weighted by molar-refractivity contribution is 0.0958. The maximum atomic E-state index is 12.3. The molecule has 1 aromatic carbocycles. The summed E-state index contributed by atoms with van der Waals surface area (Å²) in [6.07, 6.45) is 2.11. The Hall–Kier alpha value is -0.800. The lowest BCUT2D eigenvalue weighted by atomic mass is 10.0. The van der Waals surface area contributed by atoms with Crippen LogP contribution in [0.5, 0.6) is 0 Å². The second-order valence-electron chi connectivity index (χ2n) is 4.55. The van der Waals surface area contributed by atoms with Gasteiger partial charge in [0.15, 0.2) is 5.78 Å². The minimum atomic E-state index is -0.351. The molecule has 1 aromatic rings. The number of hydrogen-bond donors (Lipinski definition) is 1. The van der Waals surface area contributed by atoms with Crippen LogP contribution in [0.4, 0.5) is 0 Å². The predicted octanol–water partition coefficient (Wildman–Crippen LogP) is 3.12. The molecular formula is C14H21NOS. The van der Waals surface area contributed by atoms with Crippen LogP contribution in [-0.4, -0.2) is 22.8 Å². The maximum Gasteiger partial charge on any atom is 0.178 e. The molecule has 0 atom stereocenters. The van der Waals surface area contributed by atoms with Crippen molar-refractivity contribution in [3.05, 3.63) is 35.9 Å². The molecule has 0 aliphatic rings. The highest BCUT2D eigenvalue weighted by Crippen LogP contribution is 2.29. The molecule has 0 unspecified atom stereocenters. The number of carbonyl (C=O) groups is 1. The van der Waals surface area contributed by atoms with E-state index in [4.69, 9.17) is 5.73 Å². The number of thioether (sulfide) groups is 1. The van der Waals surface area contributed by atoms with Crippen molar-refractivity contribution in [1.29, 1.82) is 0 Å². The Kier molecular flexibility index (Phi) is 5.72. The van der Waals surface area contributed by atoms with Gasteiger partial charge in [0.25, 0.3) is 0 Å². The largest absolute Gasteiger partial charge is 0.330 e. The molecule has 3 heteroatoms. The summed E-state index contributed by atoms with van der Waals surface area (Å²) < 4.78 is -0.351. The maximum absolute atomic E-state index is 12.3. The Morgan fingerprint density at radius 1 is 1.24 bits per heavy atom. The van der Waals surface area contributed by atoms with Gasteiger partial charge in [0, 0.05) is 5.56 Å². The molecular weight excluding hydrogens is 230 g/mol. The van der Waals surface area contributed by atoms with E-state index in [0.717, 1.165) is 30.7 Å². The zero-order valence-corrected chi connectivity index (χ0v) is 11.4. The van der Waals surface area contributed by atoms with Gasteiger partial charge in [0.1, 0.15) is 0 Å². The van der Waals surface area contributed by atoms with Crippen molar-refractivity contribution < 1.29 is 4.79 Å². The molecule has 0 fully saturated rings. The molecule has 2 N–H and O–H groups in total. The van der Waals surface area contributed by atoms with Gasteiger partial charge in [-0.05, 0) is 39.0 Å². The van der Waals surface area contributed by atoms with Crippen molar-refractivity contribution in [1.82, 2.24) is 0 Å². The predicted molar refractivity (Wildman–Crippen MR) is 75.6 cm³/mol. The van der Waals surface area contributed by atoms with Gasteiger partial charge in [-0.3, -0.25) is 4.79 Å². The highest BCUT2D eigenvalue weighted by atomic mass is 32.2. The molecule has 94 valence electrons. The Morgan fingerprint density at radius 2 is 1.88 bits per heavy atom. The third-order valence-corrected chi connectivity index (χ3v) is 4.04. The third-order valence-electron chi connectivity index (χ3n) is 2.64. The van der Waals surface area contributed by atoms with Crippen LogP contribution in [0.3, 0.4) is 0 Å². The SMILES string of the molecule is CC(C)(SCCCCN)C(=O)c1ccccc1. The highest BCUT2D eigenvalue weighted by molar-refractivity contribution is 8.01. The summed E-state index contributed by atoms with van der Waals surface area (Å²) in [4.78, 5) is 12.3. The summed E-state index contributed by atoms with van der Waals surface area (Å²) in [7, 11) is 0. The van der Waals surface area contributed by atoms with Crippen LogP contribution in [0.2, 0.25) is 0 Å². The van der Waals surface area contributed by atoms with Crippen molar-refractivity contribution >= 4 is 17.5 Å². The Balaban J connectivity index is 2.55. The number of nitrogens with two attached hydrogens (primary N) is 1. The highest BCUT2D eigenvalue weighted by Gasteiger charge is 2.28. The minimum Gasteiger partial charge on any atom is -0.330 e. The number of rotatable bonds is 7. The first-order valence-corrected chi connectivity index (χ1v) is 7.00. The monoisotopic (exact) mass is 251 g/mol. The van der Waals surface area contributed by atoms with E-state index in [1.165, 1.54) is 0 Å². The third kappa shape index (κ3) is 4.52. The van der Waals surface area contributed by atoms with Gasteiger partial charge in [-0.1, -0.05) is 30.3 Å². The van der Waals surface area contributed by atoms with Crippen LogP contribution in [0, 0.1) is 0 Å². The van der Waals surface area contributed by atoms with Crippen molar-refractivity contribution in [2.75, 3.05) is 12.3 Å². The lowest BCUT2D eigenvalue weighted by Gasteiger charge is -2.22. The van der Waals surface area contributed by atoms with Crippen molar-refractivity contribution in [3.8, 4) is 0 Å². The summed E-state index contributed by atoms with van der Waals surface area (Å²) in [5, 5.41) is 0. The normalized spacial score (nSPS) is 11.5. The van der Waals surface area contributed by atoms with E-state index in [0.29, 0.717) is 0 Å². The van der Waals surface area contributed by atoms with Crippen LogP contribution in [0.25, 0.3) is 0 Å². The fourth-order valence-corrected chi connectivity index (χ4v) is 2.68. The van der Waals surface area contributed by atoms with Crippen LogP contribution in [0.1, 0.15) is 37.0 Å². The smallest absolute Gasteiger partial charge is 0.178 e. The summed E-state index contributed by atoms with van der Waals surface area (Å²) in [6.45, 7) is 4.72. The molecule has 1 rings (SSSR count). The van der Waals surface area contributed by atoms with E-state index >= 15 is 0 Å². The van der Waals surface area contributed by atoms with Crippen molar-refractivity contribution in [3.63, 3.8) is 0 Å². The van der Waals surface area contributed by atoms with E-state index in [1.54, 1.807) is 11.8 Å². The number of benzene rings is 1. The zero-order valence-electron chi connectivity index (χ0n) is 10.6. The van der Waals surface area contributed by atoms with Crippen LogP contribution in [-0.2, 0) is 0 Å². The number of carbonyl (C=O) groups excluding carboxylic acids is 1. The molecule has 0 heterocycles. The Morgan fingerprint density at radius 3 is 2.47 bits per heavy atom. The van der Waals surface area contributed by atoms with E-state index in [-0.39, 0.29) is 10.5 Å². The first-order chi connectivity index (χ1) is 8.08. The van der Waals surface area contributed by atoms with Gasteiger partial charge < -0.3 is 5.73 Å². The molecule has 0 saturated heterocycles. The number of Topliss-reactive ketones (excluding diaryl/α,β-unsaturated/α-hetero) is 1. The van der Waals surface area contributed by atoms with E-state index in [1.807, 2.05) is 44.2 Å². The fourth-order valence-electron chi connectivity index (χ4n) is 1.58. The van der Waals surface area contributed by atoms with Crippen LogP contribution < -0.4 is 5.73 Å². The van der Waals surface area contributed by atoms with E-state index in [2.05, 4.69) is 0 Å². The van der Waals surface area contributed by atoms with Gasteiger partial charge >= 0.3 is 0 Å². The van der Waals surface area contributed by atoms with E-state index in [9.17, 15) is 4.79 Å². The molecule has 0 bridgehead atoms. The summed E-state index contributed by atoms with van der Waals surface area (Å²) in [5.41, 5.74) is 6.25. The van der Waals surface area contributed by atoms with Gasteiger partial charge in [-0.15, -0.1) is 11.8 Å². The molecule has 0 aliphatic carbocycles. The molecule has 0 spiro atoms. The second-order valence-corrected chi connectivity index (χ2v) is 6.27. The quantitative estimate of drug-likeness (QED) is 0.598. The first-order valence-electron chi connectivity index (χ1n) is 6.02. The molecule has 0 amide bonds. The van der Waals surface area contributed by atoms with E-state index < -0.39 is 0 Å². The number of unbranched alkanes of at least 4 members (excludes halogenated alkanes) is 1. The first kappa shape index (κ1) is 14.3. The Labute approximate surface area is 108 Å². The van der Waals surface area contributed by atoms with Gasteiger partial charge in [0.05, 0.1) is 4.75 Å². The summed E-state index contributed by atoms with van der Waals surface area (Å²) >= 11 is 1.72. The molecule has 0 aromatic heterocycles. The molecule has 0 radical (unpaired) electrons. The summed E-state index contributed by atoms with van der Waals surface area (Å²) in [6, 6.07) is 9.50. The van der Waals surface area contributed by atoms with Crippen LogP contribution in [0.15, 0.2) is 30.3 Å². The zero-order chi connectivity index (χ0) is 12.7. The second kappa shape index (κ2) is 6.82. The topological polar surface area (TPSA) is 43.1 Å². The van der Waals surface area contributed by atoms with Crippen LogP contribution >= 0.6 is 11.8 Å². The van der Waals surface area contributed by atoms with Gasteiger partial charge in [-0.2, -0.15) is 0 Å². The Bertz CT molecular complexity index is 348. The molecule has 2 nitrogen and oxygen atoms in total.